The van der Waals surface area contributed by atoms with Crippen LogP contribution < -0.4 is 0 Å². The first-order valence-corrected chi connectivity index (χ1v) is 3.35. The van der Waals surface area contributed by atoms with Gasteiger partial charge in [0.25, 0.3) is 0 Å². The molecule has 0 aliphatic carbocycles. The van der Waals surface area contributed by atoms with E-state index in [1.807, 2.05) is 11.4 Å². The first-order chi connectivity index (χ1) is 3.29. The van der Waals surface area contributed by atoms with Gasteiger partial charge in [-0.2, -0.15) is 0 Å². The third-order valence-corrected chi connectivity index (χ3v) is 2.01. The Bertz CT molecular complexity index is 122. The highest BCUT2D eigenvalue weighted by Gasteiger charge is 2.13. The number of rotatable bonds is 0. The lowest BCUT2D eigenvalue weighted by Gasteiger charge is -1.68. The maximum atomic E-state index is 2.22. The predicted octanol–water partition coefficient (Wildman–Crippen LogP) is 1.22. The summed E-state index contributed by atoms with van der Waals surface area (Å²) in [5.41, 5.74) is 0. The zero-order valence-electron chi connectivity index (χ0n) is 4.64. The van der Waals surface area contributed by atoms with Gasteiger partial charge in [0.15, 0.2) is 16.2 Å². The molecule has 0 aromatic heterocycles. The molecule has 1 heteroatoms. The summed E-state index contributed by atoms with van der Waals surface area (Å²) in [7, 11) is 0. The summed E-state index contributed by atoms with van der Waals surface area (Å²) < 4.78 is 0. The molecule has 1 atom stereocenters. The van der Waals surface area contributed by atoms with Crippen molar-refractivity contribution in [3.63, 3.8) is 0 Å². The van der Waals surface area contributed by atoms with E-state index in [9.17, 15) is 0 Å². The van der Waals surface area contributed by atoms with Crippen molar-refractivity contribution in [1.82, 2.24) is 0 Å². The highest BCUT2D eigenvalue weighted by Crippen LogP contribution is 1.97. The Balaban J connectivity index is 2.69. The van der Waals surface area contributed by atoms with E-state index >= 15 is 0 Å². The first kappa shape index (κ1) is 4.98. The van der Waals surface area contributed by atoms with E-state index in [0.717, 1.165) is 5.25 Å². The highest BCUT2D eigenvalue weighted by atomic mass is 32.1. The second-order valence-electron chi connectivity index (χ2n) is 1.79. The zero-order chi connectivity index (χ0) is 5.28. The predicted molar refractivity (Wildman–Crippen MR) is 36.6 cm³/mol. The summed E-state index contributed by atoms with van der Waals surface area (Å²) in [4.78, 5) is 1.44. The lowest BCUT2D eigenvalue weighted by molar-refractivity contribution is 1.27. The molecule has 0 aromatic carbocycles. The molecular formula is C6H9S+. The smallest absolute Gasteiger partial charge is 0.0179 e. The molecule has 1 rings (SSSR count). The van der Waals surface area contributed by atoms with Crippen molar-refractivity contribution in [3.05, 3.63) is 12.2 Å². The van der Waals surface area contributed by atoms with Crippen molar-refractivity contribution in [2.75, 3.05) is 0 Å². The Hall–Kier alpha value is -0.170. The van der Waals surface area contributed by atoms with E-state index in [-0.39, 0.29) is 0 Å². The molecule has 0 saturated heterocycles. The molecule has 0 N–H and O–H groups in total. The van der Waals surface area contributed by atoms with Crippen LogP contribution in [-0.2, 0) is 11.4 Å². The normalized spacial score (nSPS) is 28.3. The van der Waals surface area contributed by atoms with Gasteiger partial charge in [0.05, 0.1) is 0 Å². The third kappa shape index (κ3) is 1.10. The van der Waals surface area contributed by atoms with Crippen LogP contribution in [-0.4, -0.2) is 10.1 Å². The summed E-state index contributed by atoms with van der Waals surface area (Å²) in [6.07, 6.45) is 4.40. The number of allylic oxidation sites excluding steroid dienone is 1. The average Bonchev–Trinajstić information content (AvgIpc) is 1.87. The summed E-state index contributed by atoms with van der Waals surface area (Å²) in [5.74, 6) is 0. The lowest BCUT2D eigenvalue weighted by Crippen LogP contribution is -1.89. The SMILES string of the molecule is CC1=[S+]C(C)C=C1. The molecule has 0 nitrogen and oxygen atoms in total. The average molecular weight is 113 g/mol. The van der Waals surface area contributed by atoms with Gasteiger partial charge in [0.2, 0.25) is 5.25 Å². The molecule has 1 aliphatic rings. The summed E-state index contributed by atoms with van der Waals surface area (Å²) in [5, 5.41) is 0.722. The van der Waals surface area contributed by atoms with E-state index < -0.39 is 0 Å². The Morgan fingerprint density at radius 1 is 1.71 bits per heavy atom. The summed E-state index contributed by atoms with van der Waals surface area (Å²) in [6.45, 7) is 4.35. The topological polar surface area (TPSA) is 0 Å². The van der Waals surface area contributed by atoms with Crippen molar-refractivity contribution in [1.29, 1.82) is 0 Å². The van der Waals surface area contributed by atoms with Crippen LogP contribution in [0.2, 0.25) is 0 Å². The Kier molecular flexibility index (Phi) is 1.24. The molecule has 7 heavy (non-hydrogen) atoms. The van der Waals surface area contributed by atoms with E-state index in [0.29, 0.717) is 0 Å². The van der Waals surface area contributed by atoms with E-state index in [1.54, 1.807) is 0 Å². The zero-order valence-corrected chi connectivity index (χ0v) is 5.46. The van der Waals surface area contributed by atoms with Crippen LogP contribution in [0.1, 0.15) is 13.8 Å². The molecule has 1 unspecified atom stereocenters. The Labute approximate surface area is 48.2 Å². The molecule has 0 amide bonds. The minimum atomic E-state index is 0.722. The van der Waals surface area contributed by atoms with Gasteiger partial charge in [0.1, 0.15) is 0 Å². The minimum absolute atomic E-state index is 0.722. The summed E-state index contributed by atoms with van der Waals surface area (Å²) >= 11 is 1.93. The Morgan fingerprint density at radius 2 is 2.43 bits per heavy atom. The van der Waals surface area contributed by atoms with Crippen LogP contribution in [0.3, 0.4) is 0 Å². The van der Waals surface area contributed by atoms with Crippen molar-refractivity contribution in [2.24, 2.45) is 0 Å². The van der Waals surface area contributed by atoms with Crippen LogP contribution in [0.5, 0.6) is 0 Å². The van der Waals surface area contributed by atoms with Gasteiger partial charge in [-0.25, -0.2) is 0 Å². The van der Waals surface area contributed by atoms with Gasteiger partial charge in [0, 0.05) is 6.92 Å². The molecule has 0 fully saturated rings. The highest BCUT2D eigenvalue weighted by molar-refractivity contribution is 7.80. The number of hydrogen-bond acceptors (Lipinski definition) is 0. The van der Waals surface area contributed by atoms with E-state index in [4.69, 9.17) is 0 Å². The lowest BCUT2D eigenvalue weighted by atomic mass is 10.4. The molecular weight excluding hydrogens is 104 g/mol. The second-order valence-corrected chi connectivity index (χ2v) is 3.42. The fourth-order valence-corrected chi connectivity index (χ4v) is 1.54. The van der Waals surface area contributed by atoms with Crippen molar-refractivity contribution in [2.45, 2.75) is 19.1 Å². The van der Waals surface area contributed by atoms with Crippen molar-refractivity contribution >= 4 is 16.2 Å². The summed E-state index contributed by atoms with van der Waals surface area (Å²) in [6, 6.07) is 0. The molecule has 38 valence electrons. The van der Waals surface area contributed by atoms with Gasteiger partial charge in [-0.05, 0) is 19.1 Å². The maximum absolute atomic E-state index is 2.22. The fourth-order valence-electron chi connectivity index (χ4n) is 0.643. The monoisotopic (exact) mass is 113 g/mol. The molecule has 0 saturated carbocycles. The standard InChI is InChI=1S/C6H9S/c1-5-3-4-6(2)7-5/h3-5H,1-2H3/q+1. The number of hydrogen-bond donors (Lipinski definition) is 0. The largest absolute Gasteiger partial charge is 0.201 e. The quantitative estimate of drug-likeness (QED) is 0.327. The van der Waals surface area contributed by atoms with Crippen LogP contribution >= 0.6 is 0 Å². The molecule has 0 aromatic rings. The van der Waals surface area contributed by atoms with Crippen LogP contribution in [0.15, 0.2) is 12.2 Å². The van der Waals surface area contributed by atoms with E-state index in [1.165, 1.54) is 4.86 Å². The van der Waals surface area contributed by atoms with Gasteiger partial charge in [-0.1, -0.05) is 0 Å². The molecule has 0 spiro atoms. The van der Waals surface area contributed by atoms with Crippen LogP contribution in [0, 0.1) is 0 Å². The second kappa shape index (κ2) is 1.74. The fraction of sp³-hybridized carbons (Fsp3) is 0.500. The van der Waals surface area contributed by atoms with Gasteiger partial charge in [-0.15, -0.1) is 0 Å². The van der Waals surface area contributed by atoms with Crippen LogP contribution in [0.4, 0.5) is 0 Å². The Morgan fingerprint density at radius 3 is 2.57 bits per heavy atom. The third-order valence-electron chi connectivity index (χ3n) is 0.974. The van der Waals surface area contributed by atoms with Gasteiger partial charge in [-0.3, -0.25) is 0 Å². The molecule has 0 radical (unpaired) electrons. The van der Waals surface area contributed by atoms with Crippen LogP contribution in [0.25, 0.3) is 0 Å². The van der Waals surface area contributed by atoms with Crippen molar-refractivity contribution in [3.8, 4) is 0 Å². The van der Waals surface area contributed by atoms with E-state index in [2.05, 4.69) is 26.0 Å². The molecule has 0 bridgehead atoms. The maximum Gasteiger partial charge on any atom is 0.201 e. The molecule has 1 heterocycles. The first-order valence-electron chi connectivity index (χ1n) is 2.47. The van der Waals surface area contributed by atoms with Gasteiger partial charge >= 0.3 is 0 Å². The van der Waals surface area contributed by atoms with Crippen molar-refractivity contribution < 1.29 is 0 Å². The molecule has 1 aliphatic heterocycles. The van der Waals surface area contributed by atoms with Gasteiger partial charge < -0.3 is 0 Å². The minimum Gasteiger partial charge on any atom is -0.0179 e.